The second-order valence-electron chi connectivity index (χ2n) is 9.00. The first kappa shape index (κ1) is 25.4. The van der Waals surface area contributed by atoms with Crippen LogP contribution in [0.25, 0.3) is 11.3 Å². The lowest BCUT2D eigenvalue weighted by molar-refractivity contribution is 0.0698. The van der Waals surface area contributed by atoms with E-state index in [0.717, 1.165) is 28.9 Å². The van der Waals surface area contributed by atoms with Gasteiger partial charge in [0.05, 0.1) is 27.4 Å². The average molecular weight is 515 g/mol. The van der Waals surface area contributed by atoms with Crippen molar-refractivity contribution in [2.45, 2.75) is 25.6 Å². The van der Waals surface area contributed by atoms with Crippen molar-refractivity contribution in [1.29, 1.82) is 0 Å². The van der Waals surface area contributed by atoms with Gasteiger partial charge in [-0.05, 0) is 65.7 Å². The van der Waals surface area contributed by atoms with Gasteiger partial charge in [-0.25, -0.2) is 0 Å². The first-order valence-corrected chi connectivity index (χ1v) is 12.5. The van der Waals surface area contributed by atoms with E-state index in [1.54, 1.807) is 43.6 Å². The Morgan fingerprint density at radius 2 is 1.82 bits per heavy atom. The molecule has 2 aromatic carbocycles. The van der Waals surface area contributed by atoms with E-state index >= 15 is 0 Å². The van der Waals surface area contributed by atoms with Gasteiger partial charge in [0.1, 0.15) is 17.6 Å². The van der Waals surface area contributed by atoms with E-state index in [1.165, 1.54) is 0 Å². The molecular formula is C30H30N2O6. The third-order valence-corrected chi connectivity index (χ3v) is 6.36. The molecule has 8 nitrogen and oxygen atoms in total. The molecule has 1 aliphatic rings. The SMILES string of the molecule is COc1ccc(-c2ccc(C(=O)N(Cc3cccnc3)Cc3ccc(O[C@H]4CCOC4)c(OC)c3)o2)cc1. The van der Waals surface area contributed by atoms with Crippen molar-refractivity contribution < 1.29 is 28.2 Å². The summed E-state index contributed by atoms with van der Waals surface area (Å²) in [5.74, 6) is 2.66. The molecule has 2 aromatic heterocycles. The number of methoxy groups -OCH3 is 2. The lowest BCUT2D eigenvalue weighted by Crippen LogP contribution is -2.30. The summed E-state index contributed by atoms with van der Waals surface area (Å²) in [5.41, 5.74) is 2.67. The van der Waals surface area contributed by atoms with Gasteiger partial charge in [0.15, 0.2) is 17.3 Å². The fourth-order valence-electron chi connectivity index (χ4n) is 4.34. The molecule has 0 bridgehead atoms. The molecule has 0 radical (unpaired) electrons. The summed E-state index contributed by atoms with van der Waals surface area (Å²) >= 11 is 0. The van der Waals surface area contributed by atoms with Crippen molar-refractivity contribution in [1.82, 2.24) is 9.88 Å². The van der Waals surface area contributed by atoms with Crippen molar-refractivity contribution in [3.8, 4) is 28.6 Å². The van der Waals surface area contributed by atoms with E-state index in [9.17, 15) is 4.79 Å². The predicted octanol–water partition coefficient (Wildman–Crippen LogP) is 5.37. The molecule has 1 atom stereocenters. The summed E-state index contributed by atoms with van der Waals surface area (Å²) in [6.45, 7) is 1.98. The molecule has 1 aliphatic heterocycles. The Morgan fingerprint density at radius 3 is 2.53 bits per heavy atom. The Balaban J connectivity index is 1.38. The van der Waals surface area contributed by atoms with Crippen molar-refractivity contribution in [3.05, 3.63) is 96.0 Å². The fourth-order valence-corrected chi connectivity index (χ4v) is 4.34. The maximum absolute atomic E-state index is 13.7. The Bertz CT molecular complexity index is 1350. The van der Waals surface area contributed by atoms with Gasteiger partial charge in [-0.2, -0.15) is 0 Å². The van der Waals surface area contributed by atoms with Crippen molar-refractivity contribution in [2.24, 2.45) is 0 Å². The molecule has 0 saturated carbocycles. The molecule has 1 amide bonds. The highest BCUT2D eigenvalue weighted by atomic mass is 16.6. The van der Waals surface area contributed by atoms with Gasteiger partial charge in [0.2, 0.25) is 0 Å². The predicted molar refractivity (Wildman–Crippen MR) is 141 cm³/mol. The molecule has 38 heavy (non-hydrogen) atoms. The third-order valence-electron chi connectivity index (χ3n) is 6.36. The number of furan rings is 1. The summed E-state index contributed by atoms with van der Waals surface area (Å²) in [7, 11) is 3.23. The summed E-state index contributed by atoms with van der Waals surface area (Å²) in [4.78, 5) is 19.6. The lowest BCUT2D eigenvalue weighted by atomic mass is 10.1. The number of carbonyl (C=O) groups is 1. The number of rotatable bonds is 10. The maximum atomic E-state index is 13.7. The summed E-state index contributed by atoms with van der Waals surface area (Å²) in [6, 6.07) is 20.5. The fraction of sp³-hybridized carbons (Fsp3) is 0.267. The molecule has 3 heterocycles. The van der Waals surface area contributed by atoms with Crippen LogP contribution >= 0.6 is 0 Å². The van der Waals surface area contributed by atoms with Crippen LogP contribution in [-0.2, 0) is 17.8 Å². The van der Waals surface area contributed by atoms with Gasteiger partial charge in [-0.1, -0.05) is 12.1 Å². The zero-order chi connectivity index (χ0) is 26.3. The zero-order valence-electron chi connectivity index (χ0n) is 21.5. The zero-order valence-corrected chi connectivity index (χ0v) is 21.5. The van der Waals surface area contributed by atoms with Crippen LogP contribution in [0.5, 0.6) is 17.2 Å². The number of hydrogen-bond acceptors (Lipinski definition) is 7. The van der Waals surface area contributed by atoms with Crippen molar-refractivity contribution >= 4 is 5.91 Å². The molecule has 0 spiro atoms. The average Bonchev–Trinajstić information content (AvgIpc) is 3.66. The minimum absolute atomic E-state index is 0.0113. The highest BCUT2D eigenvalue weighted by Gasteiger charge is 2.23. The number of hydrogen-bond donors (Lipinski definition) is 0. The van der Waals surface area contributed by atoms with Gasteiger partial charge in [0.25, 0.3) is 5.91 Å². The van der Waals surface area contributed by atoms with Crippen LogP contribution in [0.4, 0.5) is 0 Å². The van der Waals surface area contributed by atoms with Crippen LogP contribution in [0.15, 0.2) is 83.5 Å². The summed E-state index contributed by atoms with van der Waals surface area (Å²) in [6.07, 6.45) is 4.33. The highest BCUT2D eigenvalue weighted by molar-refractivity contribution is 5.92. The van der Waals surface area contributed by atoms with E-state index in [4.69, 9.17) is 23.4 Å². The summed E-state index contributed by atoms with van der Waals surface area (Å²) < 4.78 is 28.3. The van der Waals surface area contributed by atoms with Crippen LogP contribution in [-0.4, -0.2) is 49.3 Å². The van der Waals surface area contributed by atoms with E-state index < -0.39 is 0 Å². The van der Waals surface area contributed by atoms with Gasteiger partial charge in [-0.3, -0.25) is 9.78 Å². The maximum Gasteiger partial charge on any atom is 0.290 e. The minimum atomic E-state index is -0.226. The van der Waals surface area contributed by atoms with Crippen molar-refractivity contribution in [2.75, 3.05) is 27.4 Å². The largest absolute Gasteiger partial charge is 0.497 e. The van der Waals surface area contributed by atoms with Crippen LogP contribution in [0.1, 0.15) is 28.1 Å². The first-order chi connectivity index (χ1) is 18.6. The minimum Gasteiger partial charge on any atom is -0.497 e. The molecular weight excluding hydrogens is 484 g/mol. The number of pyridine rings is 1. The second-order valence-corrected chi connectivity index (χ2v) is 9.00. The third kappa shape index (κ3) is 5.98. The standard InChI is InChI=1S/C30H30N2O6/c1-34-24-8-6-23(7-9-24)26-11-12-28(38-26)30(33)32(19-22-4-3-14-31-17-22)18-21-5-10-27(29(16-21)35-2)37-25-13-15-36-20-25/h3-12,14,16-17,25H,13,15,18-20H2,1-2H3/t25-/m0/s1. The van der Waals surface area contributed by atoms with Crippen LogP contribution < -0.4 is 14.2 Å². The summed E-state index contributed by atoms with van der Waals surface area (Å²) in [5, 5.41) is 0. The topological polar surface area (TPSA) is 83.3 Å². The molecule has 0 unspecified atom stereocenters. The quantitative estimate of drug-likeness (QED) is 0.281. The Labute approximate surface area is 221 Å². The number of carbonyl (C=O) groups excluding carboxylic acids is 1. The van der Waals surface area contributed by atoms with Gasteiger partial charge < -0.3 is 28.3 Å². The van der Waals surface area contributed by atoms with E-state index in [2.05, 4.69) is 4.98 Å². The van der Waals surface area contributed by atoms with Crippen LogP contribution in [0.2, 0.25) is 0 Å². The Morgan fingerprint density at radius 1 is 0.974 bits per heavy atom. The van der Waals surface area contributed by atoms with E-state index in [1.807, 2.05) is 54.6 Å². The van der Waals surface area contributed by atoms with Crippen LogP contribution in [0, 0.1) is 0 Å². The highest BCUT2D eigenvalue weighted by Crippen LogP contribution is 2.31. The van der Waals surface area contributed by atoms with Gasteiger partial charge in [-0.15, -0.1) is 0 Å². The monoisotopic (exact) mass is 514 g/mol. The lowest BCUT2D eigenvalue weighted by Gasteiger charge is -2.23. The van der Waals surface area contributed by atoms with Gasteiger partial charge in [0, 0.05) is 37.5 Å². The molecule has 196 valence electrons. The Kier molecular flexibility index (Phi) is 7.89. The number of benzene rings is 2. The molecule has 4 aromatic rings. The number of amides is 1. The molecule has 8 heteroatoms. The second kappa shape index (κ2) is 11.8. The number of ether oxygens (including phenoxy) is 4. The van der Waals surface area contributed by atoms with E-state index in [-0.39, 0.29) is 17.8 Å². The number of aromatic nitrogens is 1. The van der Waals surface area contributed by atoms with Crippen LogP contribution in [0.3, 0.4) is 0 Å². The van der Waals surface area contributed by atoms with Gasteiger partial charge >= 0.3 is 0 Å². The van der Waals surface area contributed by atoms with Crippen molar-refractivity contribution in [3.63, 3.8) is 0 Å². The molecule has 1 fully saturated rings. The number of nitrogens with zero attached hydrogens (tertiary/aromatic N) is 2. The molecule has 1 saturated heterocycles. The smallest absolute Gasteiger partial charge is 0.290 e. The van der Waals surface area contributed by atoms with E-state index in [0.29, 0.717) is 43.6 Å². The first-order valence-electron chi connectivity index (χ1n) is 12.5. The Hall–Kier alpha value is -4.30. The normalized spacial score (nSPS) is 14.7. The molecule has 0 N–H and O–H groups in total. The molecule has 0 aliphatic carbocycles. The molecule has 5 rings (SSSR count).